The molecule has 6 aromatic rings. The average Bonchev–Trinajstić information content (AvgIpc) is 3.90. The Kier molecular flexibility index (Phi) is 52.6. The summed E-state index contributed by atoms with van der Waals surface area (Å²) in [5.41, 5.74) is 1.97. The molecule has 2 heterocycles. The van der Waals surface area contributed by atoms with Crippen LogP contribution >= 0.6 is 0 Å². The van der Waals surface area contributed by atoms with Gasteiger partial charge in [-0.2, -0.15) is 49.3 Å². The van der Waals surface area contributed by atoms with E-state index in [9.17, 15) is 49.2 Å². The van der Waals surface area contributed by atoms with Gasteiger partial charge in [0, 0.05) is 56.9 Å². The summed E-state index contributed by atoms with van der Waals surface area (Å²) in [5, 5.41) is 58.4. The second-order valence-corrected chi connectivity index (χ2v) is 19.0. The van der Waals surface area contributed by atoms with Gasteiger partial charge in [0.1, 0.15) is 11.6 Å². The number of carboxylic acids is 4. The molecule has 0 radical (unpaired) electrons. The van der Waals surface area contributed by atoms with Crippen LogP contribution in [0.3, 0.4) is 0 Å². The van der Waals surface area contributed by atoms with E-state index in [0.717, 1.165) is 25.0 Å². The summed E-state index contributed by atoms with van der Waals surface area (Å²) in [6.45, 7) is 25.3. The molecule has 0 aliphatic carbocycles. The molecule has 0 amide bonds. The molecule has 6 rings (SSSR count). The van der Waals surface area contributed by atoms with Crippen molar-refractivity contribution in [2.45, 2.75) is 111 Å². The minimum Gasteiger partial charge on any atom is -0.857 e. The zero-order valence-corrected chi connectivity index (χ0v) is 51.8. The largest absolute Gasteiger partial charge is 2.00 e. The SMILES string of the molecule is CC(C)(C)C(=O)[O-].CC(C)(C)C(=O)[O-].CC(C)(C)C(=O)[O-].CC(C)(C)C(=O)[O-].CC(C)=O.CC(C)=O.C[O-].C[O-].[Pd+2].[Pd+2].[Pd+2].[Pd+2].[c-]1cn(-c2ccccc2)c2ccccc12.[c-]1cn(-c2ccccc2)c2ccccc12. The maximum absolute atomic E-state index is 9.91. The van der Waals surface area contributed by atoms with Gasteiger partial charge < -0.3 is 68.5 Å². The smallest absolute Gasteiger partial charge is 0.857 e. The van der Waals surface area contributed by atoms with Crippen LogP contribution in [0.4, 0.5) is 0 Å². The number of carbonyl (C=O) groups is 6. The van der Waals surface area contributed by atoms with E-state index in [1.807, 2.05) is 60.9 Å². The summed E-state index contributed by atoms with van der Waals surface area (Å²) >= 11 is 0. The molecule has 0 saturated carbocycles. The van der Waals surface area contributed by atoms with Crippen LogP contribution in [0.2, 0.25) is 0 Å². The summed E-state index contributed by atoms with van der Waals surface area (Å²) in [6, 6.07) is 43.7. The van der Waals surface area contributed by atoms with E-state index in [1.165, 1.54) is 50.1 Å². The van der Waals surface area contributed by atoms with Crippen molar-refractivity contribution in [1.82, 2.24) is 9.13 Å². The predicted octanol–water partition coefficient (Wildman–Crippen LogP) is 5.12. The summed E-state index contributed by atoms with van der Waals surface area (Å²) in [7, 11) is 1.50. The van der Waals surface area contributed by atoms with Crippen molar-refractivity contribution in [3.8, 4) is 11.4 Å². The van der Waals surface area contributed by atoms with Crippen LogP contribution < -0.4 is 30.6 Å². The number of hydrogen-bond donors (Lipinski definition) is 0. The molecule has 74 heavy (non-hydrogen) atoms. The van der Waals surface area contributed by atoms with Crippen LogP contribution in [0.1, 0.15) is 111 Å². The number of aromatic nitrogens is 2. The summed E-state index contributed by atoms with van der Waals surface area (Å²) in [6.07, 6.45) is 3.97. The number of hydrogen-bond acceptors (Lipinski definition) is 12. The fraction of sp³-hybridized carbons (Fsp3) is 0.393. The molecule has 0 N–H and O–H groups in total. The van der Waals surface area contributed by atoms with Crippen LogP contribution in [0.15, 0.2) is 122 Å². The van der Waals surface area contributed by atoms with Crippen molar-refractivity contribution in [1.29, 1.82) is 0 Å². The summed E-state index contributed by atoms with van der Waals surface area (Å²) in [4.78, 5) is 58.5. The molecule has 0 aliphatic rings. The quantitative estimate of drug-likeness (QED) is 0.162. The van der Waals surface area contributed by atoms with Crippen LogP contribution in [0.25, 0.3) is 33.2 Å². The van der Waals surface area contributed by atoms with Crippen LogP contribution in [0.5, 0.6) is 0 Å². The normalized spacial score (nSPS) is 9.46. The van der Waals surface area contributed by atoms with Gasteiger partial charge in [-0.25, -0.2) is 0 Å². The molecule has 0 saturated heterocycles. The van der Waals surface area contributed by atoms with Gasteiger partial charge in [-0.1, -0.05) is 167 Å². The zero-order chi connectivity index (χ0) is 55.6. The molecular formula is C56H74N2O12Pd4. The second kappa shape index (κ2) is 45.0. The van der Waals surface area contributed by atoms with Gasteiger partial charge in [0.25, 0.3) is 0 Å². The van der Waals surface area contributed by atoms with Crippen LogP contribution in [0, 0.1) is 33.8 Å². The van der Waals surface area contributed by atoms with Crippen molar-refractivity contribution in [3.63, 3.8) is 0 Å². The van der Waals surface area contributed by atoms with Gasteiger partial charge in [-0.15, -0.1) is 12.1 Å². The molecular weight excluding hydrogens is 1320 g/mol. The van der Waals surface area contributed by atoms with E-state index in [2.05, 4.69) is 81.9 Å². The topological polar surface area (TPSA) is 251 Å². The predicted molar refractivity (Wildman–Crippen MR) is 267 cm³/mol. The Hall–Kier alpha value is -4.25. The van der Waals surface area contributed by atoms with E-state index in [4.69, 9.17) is 10.2 Å². The maximum atomic E-state index is 9.91. The third-order valence-electron chi connectivity index (χ3n) is 7.54. The molecule has 0 unspecified atom stereocenters. The van der Waals surface area contributed by atoms with E-state index in [1.54, 1.807) is 83.1 Å². The number of carbonyl (C=O) groups excluding carboxylic acids is 6. The Morgan fingerprint density at radius 2 is 0.514 bits per heavy atom. The first kappa shape index (κ1) is 86.5. The molecule has 2 aromatic heterocycles. The fourth-order valence-corrected chi connectivity index (χ4v) is 3.62. The van der Waals surface area contributed by atoms with Crippen molar-refractivity contribution in [3.05, 3.63) is 134 Å². The molecule has 0 aliphatic heterocycles. The van der Waals surface area contributed by atoms with Gasteiger partial charge in [0.15, 0.2) is 0 Å². The van der Waals surface area contributed by atoms with E-state index in [-0.39, 0.29) is 93.3 Å². The molecule has 0 fully saturated rings. The van der Waals surface area contributed by atoms with E-state index >= 15 is 0 Å². The Morgan fingerprint density at radius 1 is 0.351 bits per heavy atom. The molecule has 0 bridgehead atoms. The summed E-state index contributed by atoms with van der Waals surface area (Å²) in [5.74, 6) is -3.69. The maximum Gasteiger partial charge on any atom is 2.00 e. The van der Waals surface area contributed by atoms with Crippen molar-refractivity contribution < 1.29 is 141 Å². The van der Waals surface area contributed by atoms with Gasteiger partial charge >= 0.3 is 81.7 Å². The zero-order valence-electron chi connectivity index (χ0n) is 45.6. The van der Waals surface area contributed by atoms with Gasteiger partial charge in [-0.05, 0) is 52.0 Å². The first-order chi connectivity index (χ1) is 32.1. The van der Waals surface area contributed by atoms with E-state index < -0.39 is 45.5 Å². The number of fused-ring (bicyclic) bond motifs is 2. The molecule has 4 aromatic carbocycles. The first-order valence-corrected chi connectivity index (χ1v) is 21.8. The van der Waals surface area contributed by atoms with Crippen LogP contribution in [-0.2, 0) is 110 Å². The minimum absolute atomic E-state index is 0. The Morgan fingerprint density at radius 3 is 0.689 bits per heavy atom. The Labute approximate surface area is 495 Å². The Bertz CT molecular complexity index is 2190. The monoisotopic (exact) mass is 1390 g/mol. The first-order valence-electron chi connectivity index (χ1n) is 21.8. The number of nitrogens with zero attached hydrogens (tertiary/aromatic N) is 2. The van der Waals surface area contributed by atoms with Crippen molar-refractivity contribution in [2.24, 2.45) is 21.7 Å². The van der Waals surface area contributed by atoms with Crippen molar-refractivity contribution >= 4 is 57.2 Å². The standard InChI is InChI=1S/2C14H10N.4C5H10O2.2C3H6O.2CH3O.4Pd/c2*1-2-7-13(8-3-1)15-11-10-12-6-4-5-9-14(12)15;4*1-5(2,3)4(6)7;2*1-3(2)4;2*1-2;;;;/h2*1-9,11H;4*1-3H3,(H,6,7);2*1-2H3;2*1H3;;;;/q2*-1;;;;;;;2*-1;4*+2/p-4. The fourth-order valence-electron chi connectivity index (χ4n) is 3.62. The summed E-state index contributed by atoms with van der Waals surface area (Å²) < 4.78 is 4.30. The third-order valence-corrected chi connectivity index (χ3v) is 7.54. The molecule has 18 heteroatoms. The number of carboxylic acid groups (broad SMARTS) is 4. The minimum atomic E-state index is -1.01. The van der Waals surface area contributed by atoms with Gasteiger partial charge in [0.05, 0.1) is 0 Å². The molecule has 14 nitrogen and oxygen atoms in total. The number of ketones is 2. The van der Waals surface area contributed by atoms with Gasteiger partial charge in [-0.3, -0.25) is 0 Å². The van der Waals surface area contributed by atoms with Crippen LogP contribution in [-0.4, -0.2) is 58.8 Å². The van der Waals surface area contributed by atoms with Crippen molar-refractivity contribution in [2.75, 3.05) is 14.2 Å². The van der Waals surface area contributed by atoms with E-state index in [0.29, 0.717) is 0 Å². The van der Waals surface area contributed by atoms with Gasteiger partial charge in [0.2, 0.25) is 0 Å². The number of aliphatic carboxylic acids is 4. The average molecular weight is 1390 g/mol. The molecule has 0 atom stereocenters. The molecule has 0 spiro atoms. The number of benzene rings is 4. The number of rotatable bonds is 2. The number of Topliss-reactive ketones (excluding diaryl/α,β-unsaturated/α-hetero) is 2. The third kappa shape index (κ3) is 43.0. The second-order valence-electron chi connectivity index (χ2n) is 19.0. The number of para-hydroxylation sites is 4. The Balaban J connectivity index is -0.000000115. The molecule has 420 valence electrons.